The standard InChI is InChI=1S/C23H25FN2O5S/c1-15-9-17-11-18(23(27)25-22(17)10-16(15)2)12-26(13-20-14-30-7-8-31-20)32(28,29)21-5-3-19(24)4-6-21/h3-6,9-11,20H,7-8,12-14H2,1-2H3,(H,25,27). The molecule has 2 heterocycles. The minimum atomic E-state index is -4.02. The lowest BCUT2D eigenvalue weighted by Gasteiger charge is -2.29. The smallest absolute Gasteiger partial charge is 0.252 e. The van der Waals surface area contributed by atoms with E-state index in [0.29, 0.717) is 24.3 Å². The minimum absolute atomic E-state index is 0.00408. The van der Waals surface area contributed by atoms with E-state index < -0.39 is 21.9 Å². The number of aromatic nitrogens is 1. The van der Waals surface area contributed by atoms with E-state index in [0.717, 1.165) is 28.6 Å². The third-order valence-electron chi connectivity index (χ3n) is 5.63. The van der Waals surface area contributed by atoms with E-state index in [1.165, 1.54) is 16.4 Å². The highest BCUT2D eigenvalue weighted by molar-refractivity contribution is 7.89. The van der Waals surface area contributed by atoms with E-state index >= 15 is 0 Å². The molecule has 170 valence electrons. The quantitative estimate of drug-likeness (QED) is 0.611. The van der Waals surface area contributed by atoms with E-state index in [4.69, 9.17) is 9.47 Å². The van der Waals surface area contributed by atoms with Crippen molar-refractivity contribution in [3.63, 3.8) is 0 Å². The van der Waals surface area contributed by atoms with Crippen LogP contribution in [0.5, 0.6) is 0 Å². The molecule has 0 spiro atoms. The number of aromatic amines is 1. The Bertz CT molecular complexity index is 1280. The number of nitrogens with zero attached hydrogens (tertiary/aromatic N) is 1. The first-order valence-corrected chi connectivity index (χ1v) is 11.8. The van der Waals surface area contributed by atoms with Crippen LogP contribution in [0.15, 0.2) is 52.2 Å². The van der Waals surface area contributed by atoms with E-state index in [1.807, 2.05) is 26.0 Å². The molecule has 9 heteroatoms. The first-order chi connectivity index (χ1) is 15.2. The van der Waals surface area contributed by atoms with Gasteiger partial charge in [0.15, 0.2) is 0 Å². The predicted octanol–water partition coefficient (Wildman–Crippen LogP) is 2.89. The number of hydrogen-bond acceptors (Lipinski definition) is 5. The van der Waals surface area contributed by atoms with Crippen LogP contribution in [0, 0.1) is 19.7 Å². The summed E-state index contributed by atoms with van der Waals surface area (Å²) < 4.78 is 52.4. The Morgan fingerprint density at radius 3 is 2.50 bits per heavy atom. The number of aryl methyl sites for hydroxylation is 2. The highest BCUT2D eigenvalue weighted by Crippen LogP contribution is 2.22. The average Bonchev–Trinajstić information content (AvgIpc) is 2.76. The van der Waals surface area contributed by atoms with Gasteiger partial charge in [-0.1, -0.05) is 0 Å². The van der Waals surface area contributed by atoms with E-state index in [9.17, 15) is 17.6 Å². The second-order valence-electron chi connectivity index (χ2n) is 7.97. The summed E-state index contributed by atoms with van der Waals surface area (Å²) in [5.74, 6) is -0.531. The molecule has 0 amide bonds. The number of pyridine rings is 1. The summed E-state index contributed by atoms with van der Waals surface area (Å²) in [4.78, 5) is 15.6. The van der Waals surface area contributed by atoms with Crippen molar-refractivity contribution in [2.45, 2.75) is 31.4 Å². The molecule has 32 heavy (non-hydrogen) atoms. The van der Waals surface area contributed by atoms with Gasteiger partial charge >= 0.3 is 0 Å². The molecule has 1 saturated heterocycles. The van der Waals surface area contributed by atoms with Gasteiger partial charge in [0.2, 0.25) is 10.0 Å². The summed E-state index contributed by atoms with van der Waals surface area (Å²) in [5.41, 5.74) is 2.76. The predicted molar refractivity (Wildman–Crippen MR) is 119 cm³/mol. The normalized spacial score (nSPS) is 17.2. The lowest BCUT2D eigenvalue weighted by Crippen LogP contribution is -2.43. The SMILES string of the molecule is Cc1cc2cc(CN(CC3COCCO3)S(=O)(=O)c3ccc(F)cc3)c(=O)[nH]c2cc1C. The number of fused-ring (bicyclic) bond motifs is 1. The second kappa shape index (κ2) is 9.11. The molecule has 1 N–H and O–H groups in total. The first kappa shape index (κ1) is 22.6. The van der Waals surface area contributed by atoms with Crippen LogP contribution in [0.25, 0.3) is 10.9 Å². The zero-order valence-corrected chi connectivity index (χ0v) is 18.7. The third kappa shape index (κ3) is 4.75. The van der Waals surface area contributed by atoms with Crippen LogP contribution in [0.1, 0.15) is 16.7 Å². The van der Waals surface area contributed by atoms with Gasteiger partial charge in [-0.3, -0.25) is 4.79 Å². The van der Waals surface area contributed by atoms with Crippen LogP contribution >= 0.6 is 0 Å². The summed E-state index contributed by atoms with van der Waals surface area (Å²) in [5, 5.41) is 0.819. The summed E-state index contributed by atoms with van der Waals surface area (Å²) in [6.07, 6.45) is -0.469. The van der Waals surface area contributed by atoms with E-state index in [1.54, 1.807) is 6.07 Å². The van der Waals surface area contributed by atoms with Gasteiger partial charge in [0.25, 0.3) is 5.56 Å². The molecule has 1 aromatic heterocycles. The maximum absolute atomic E-state index is 13.4. The molecule has 1 aliphatic rings. The number of halogens is 1. The molecule has 1 unspecified atom stereocenters. The summed E-state index contributed by atoms with van der Waals surface area (Å²) >= 11 is 0. The fourth-order valence-electron chi connectivity index (χ4n) is 3.70. The molecule has 7 nitrogen and oxygen atoms in total. The van der Waals surface area contributed by atoms with Gasteiger partial charge < -0.3 is 14.5 Å². The highest BCUT2D eigenvalue weighted by atomic mass is 32.2. The van der Waals surface area contributed by atoms with Crippen LogP contribution in [-0.2, 0) is 26.0 Å². The molecular weight excluding hydrogens is 435 g/mol. The molecule has 1 fully saturated rings. The zero-order chi connectivity index (χ0) is 22.9. The maximum atomic E-state index is 13.4. The van der Waals surface area contributed by atoms with Crippen molar-refractivity contribution in [3.05, 3.63) is 75.3 Å². The highest BCUT2D eigenvalue weighted by Gasteiger charge is 2.30. The average molecular weight is 461 g/mol. The Morgan fingerprint density at radius 1 is 1.09 bits per heavy atom. The number of nitrogens with one attached hydrogen (secondary N) is 1. The minimum Gasteiger partial charge on any atom is -0.376 e. The zero-order valence-electron chi connectivity index (χ0n) is 17.9. The maximum Gasteiger partial charge on any atom is 0.252 e. The van der Waals surface area contributed by atoms with Gasteiger partial charge in [-0.25, -0.2) is 12.8 Å². The van der Waals surface area contributed by atoms with Crippen molar-refractivity contribution in [2.75, 3.05) is 26.4 Å². The van der Waals surface area contributed by atoms with Crippen molar-refractivity contribution < 1.29 is 22.3 Å². The summed E-state index contributed by atoms with van der Waals surface area (Å²) in [6.45, 7) is 4.86. The van der Waals surface area contributed by atoms with Crippen molar-refractivity contribution in [1.29, 1.82) is 0 Å². The van der Waals surface area contributed by atoms with Gasteiger partial charge in [0.05, 0.1) is 30.8 Å². The van der Waals surface area contributed by atoms with Crippen molar-refractivity contribution >= 4 is 20.9 Å². The van der Waals surface area contributed by atoms with Gasteiger partial charge in [-0.2, -0.15) is 4.31 Å². The number of hydrogen-bond donors (Lipinski definition) is 1. The van der Waals surface area contributed by atoms with Gasteiger partial charge in [0.1, 0.15) is 5.82 Å². The largest absolute Gasteiger partial charge is 0.376 e. The topological polar surface area (TPSA) is 88.7 Å². The summed E-state index contributed by atoms with van der Waals surface area (Å²) in [7, 11) is -4.02. The Morgan fingerprint density at radius 2 is 1.81 bits per heavy atom. The van der Waals surface area contributed by atoms with Crippen molar-refractivity contribution in [2.24, 2.45) is 0 Å². The van der Waals surface area contributed by atoms with Crippen LogP contribution in [0.2, 0.25) is 0 Å². The molecule has 4 rings (SSSR count). The number of sulfonamides is 1. The van der Waals surface area contributed by atoms with Crippen LogP contribution in [0.3, 0.4) is 0 Å². The fraction of sp³-hybridized carbons (Fsp3) is 0.348. The van der Waals surface area contributed by atoms with Gasteiger partial charge in [-0.15, -0.1) is 0 Å². The molecule has 1 atom stereocenters. The Hall–Kier alpha value is -2.59. The lowest BCUT2D eigenvalue weighted by atomic mass is 10.0. The van der Waals surface area contributed by atoms with Crippen molar-refractivity contribution in [1.82, 2.24) is 9.29 Å². The Balaban J connectivity index is 1.73. The Kier molecular flexibility index (Phi) is 6.43. The molecular formula is C23H25FN2O5S. The lowest BCUT2D eigenvalue weighted by molar-refractivity contribution is -0.0923. The Labute approximate surface area is 185 Å². The third-order valence-corrected chi connectivity index (χ3v) is 7.45. The molecule has 0 radical (unpaired) electrons. The van der Waals surface area contributed by atoms with Crippen molar-refractivity contribution in [3.8, 4) is 0 Å². The molecule has 3 aromatic rings. The number of rotatable bonds is 6. The number of ether oxygens (including phenoxy) is 2. The second-order valence-corrected chi connectivity index (χ2v) is 9.90. The molecule has 1 aliphatic heterocycles. The fourth-order valence-corrected chi connectivity index (χ4v) is 5.15. The summed E-state index contributed by atoms with van der Waals surface area (Å²) in [6, 6.07) is 10.2. The molecule has 0 bridgehead atoms. The first-order valence-electron chi connectivity index (χ1n) is 10.3. The van der Waals surface area contributed by atoms with Gasteiger partial charge in [0, 0.05) is 24.2 Å². The molecule has 0 aliphatic carbocycles. The van der Waals surface area contributed by atoms with E-state index in [-0.39, 0.29) is 30.2 Å². The molecule has 0 saturated carbocycles. The monoisotopic (exact) mass is 460 g/mol. The van der Waals surface area contributed by atoms with E-state index in [2.05, 4.69) is 4.98 Å². The van der Waals surface area contributed by atoms with Crippen LogP contribution < -0.4 is 5.56 Å². The van der Waals surface area contributed by atoms with Crippen LogP contribution in [0.4, 0.5) is 4.39 Å². The number of H-pyrrole nitrogens is 1. The van der Waals surface area contributed by atoms with Gasteiger partial charge in [-0.05, 0) is 72.8 Å². The molecule has 2 aromatic carbocycles. The van der Waals surface area contributed by atoms with Crippen LogP contribution in [-0.4, -0.2) is 50.2 Å². The number of benzene rings is 2.